The third-order valence-corrected chi connectivity index (χ3v) is 4.56. The third kappa shape index (κ3) is 3.76. The summed E-state index contributed by atoms with van der Waals surface area (Å²) in [5.74, 6) is 0.221. The second-order valence-electron chi connectivity index (χ2n) is 4.55. The molecule has 0 aliphatic carbocycles. The standard InChI is InChI=1S/C12H18N2O2S2/c1-8(2)9(3)14-18(15,16)11-6-4-5-10(7-11)12(13)17/h4-9,14H,1-3H3,(H2,13,17). The molecule has 4 nitrogen and oxygen atoms in total. The molecule has 0 amide bonds. The molecule has 1 aromatic rings. The molecule has 0 aliphatic heterocycles. The number of hydrogen-bond acceptors (Lipinski definition) is 3. The number of nitrogens with two attached hydrogens (primary N) is 1. The first-order valence-corrected chi connectivity index (χ1v) is 7.55. The van der Waals surface area contributed by atoms with E-state index < -0.39 is 10.0 Å². The van der Waals surface area contributed by atoms with E-state index in [-0.39, 0.29) is 21.8 Å². The van der Waals surface area contributed by atoms with Gasteiger partial charge < -0.3 is 5.73 Å². The van der Waals surface area contributed by atoms with E-state index in [1.807, 2.05) is 20.8 Å². The van der Waals surface area contributed by atoms with Crippen LogP contribution in [0.5, 0.6) is 0 Å². The highest BCUT2D eigenvalue weighted by atomic mass is 32.2. The van der Waals surface area contributed by atoms with Gasteiger partial charge in [-0.25, -0.2) is 13.1 Å². The minimum atomic E-state index is -3.53. The SMILES string of the molecule is CC(C)C(C)NS(=O)(=O)c1cccc(C(N)=S)c1. The molecular formula is C12H18N2O2S2. The van der Waals surface area contributed by atoms with E-state index >= 15 is 0 Å². The Kier molecular flexibility index (Phi) is 4.84. The topological polar surface area (TPSA) is 72.2 Å². The Morgan fingerprint density at radius 1 is 1.33 bits per heavy atom. The maximum absolute atomic E-state index is 12.1. The van der Waals surface area contributed by atoms with Crippen LogP contribution in [0.3, 0.4) is 0 Å². The quantitative estimate of drug-likeness (QED) is 0.807. The summed E-state index contributed by atoms with van der Waals surface area (Å²) < 4.78 is 26.9. The normalized spacial score (nSPS) is 13.6. The highest BCUT2D eigenvalue weighted by Gasteiger charge is 2.19. The lowest BCUT2D eigenvalue weighted by atomic mass is 10.1. The summed E-state index contributed by atoms with van der Waals surface area (Å²) in [6, 6.07) is 6.19. The monoisotopic (exact) mass is 286 g/mol. The molecule has 18 heavy (non-hydrogen) atoms. The van der Waals surface area contributed by atoms with Crippen LogP contribution in [0.25, 0.3) is 0 Å². The number of rotatable bonds is 5. The lowest BCUT2D eigenvalue weighted by Gasteiger charge is -2.17. The first-order valence-electron chi connectivity index (χ1n) is 5.66. The van der Waals surface area contributed by atoms with Gasteiger partial charge in [0, 0.05) is 11.6 Å². The summed E-state index contributed by atoms with van der Waals surface area (Å²) in [6.07, 6.45) is 0. The smallest absolute Gasteiger partial charge is 0.240 e. The summed E-state index contributed by atoms with van der Waals surface area (Å²) in [5, 5.41) is 0. The van der Waals surface area contributed by atoms with E-state index in [0.29, 0.717) is 5.56 Å². The molecule has 0 aliphatic rings. The molecular weight excluding hydrogens is 268 g/mol. The fraction of sp³-hybridized carbons (Fsp3) is 0.417. The fourth-order valence-corrected chi connectivity index (χ4v) is 2.83. The van der Waals surface area contributed by atoms with E-state index in [4.69, 9.17) is 18.0 Å². The molecule has 100 valence electrons. The molecule has 0 saturated carbocycles. The molecule has 0 fully saturated rings. The Bertz CT molecular complexity index is 539. The van der Waals surface area contributed by atoms with E-state index in [9.17, 15) is 8.42 Å². The highest BCUT2D eigenvalue weighted by Crippen LogP contribution is 2.13. The van der Waals surface area contributed by atoms with Gasteiger partial charge in [0.15, 0.2) is 0 Å². The highest BCUT2D eigenvalue weighted by molar-refractivity contribution is 7.89. The molecule has 0 saturated heterocycles. The molecule has 1 rings (SSSR count). The van der Waals surface area contributed by atoms with Gasteiger partial charge in [-0.3, -0.25) is 0 Å². The molecule has 0 aromatic heterocycles. The van der Waals surface area contributed by atoms with Gasteiger partial charge in [0.1, 0.15) is 4.99 Å². The van der Waals surface area contributed by atoms with Crippen molar-refractivity contribution in [3.8, 4) is 0 Å². The Morgan fingerprint density at radius 2 is 1.94 bits per heavy atom. The van der Waals surface area contributed by atoms with Gasteiger partial charge in [-0.15, -0.1) is 0 Å². The van der Waals surface area contributed by atoms with Crippen molar-refractivity contribution >= 4 is 27.2 Å². The zero-order chi connectivity index (χ0) is 13.9. The summed E-state index contributed by atoms with van der Waals surface area (Å²) in [4.78, 5) is 0.365. The summed E-state index contributed by atoms with van der Waals surface area (Å²) in [6.45, 7) is 5.75. The van der Waals surface area contributed by atoms with E-state index in [2.05, 4.69) is 4.72 Å². The van der Waals surface area contributed by atoms with Gasteiger partial charge >= 0.3 is 0 Å². The predicted molar refractivity (Wildman–Crippen MR) is 77.0 cm³/mol. The van der Waals surface area contributed by atoms with Crippen LogP contribution in [0.1, 0.15) is 26.3 Å². The molecule has 1 unspecified atom stereocenters. The van der Waals surface area contributed by atoms with Gasteiger partial charge in [-0.1, -0.05) is 38.2 Å². The van der Waals surface area contributed by atoms with Crippen molar-refractivity contribution in [3.05, 3.63) is 29.8 Å². The average molecular weight is 286 g/mol. The minimum absolute atomic E-state index is 0.136. The van der Waals surface area contributed by atoms with Crippen LogP contribution in [0.4, 0.5) is 0 Å². The van der Waals surface area contributed by atoms with E-state index in [0.717, 1.165) is 0 Å². The maximum atomic E-state index is 12.1. The fourth-order valence-electron chi connectivity index (χ4n) is 1.27. The number of benzene rings is 1. The zero-order valence-electron chi connectivity index (χ0n) is 10.7. The molecule has 6 heteroatoms. The Hall–Kier alpha value is -0.980. The van der Waals surface area contributed by atoms with Gasteiger partial charge in [0.2, 0.25) is 10.0 Å². The van der Waals surface area contributed by atoms with Crippen molar-refractivity contribution in [2.24, 2.45) is 11.7 Å². The van der Waals surface area contributed by atoms with Crippen LogP contribution in [-0.4, -0.2) is 19.4 Å². The van der Waals surface area contributed by atoms with Crippen molar-refractivity contribution in [3.63, 3.8) is 0 Å². The molecule has 0 radical (unpaired) electrons. The van der Waals surface area contributed by atoms with Gasteiger partial charge in [0.25, 0.3) is 0 Å². The second kappa shape index (κ2) is 5.77. The van der Waals surface area contributed by atoms with Crippen LogP contribution in [0.15, 0.2) is 29.2 Å². The summed E-state index contributed by atoms with van der Waals surface area (Å²) >= 11 is 4.84. The molecule has 0 bridgehead atoms. The Morgan fingerprint density at radius 3 is 2.44 bits per heavy atom. The lowest BCUT2D eigenvalue weighted by molar-refractivity contribution is 0.476. The Balaban J connectivity index is 3.05. The van der Waals surface area contributed by atoms with Gasteiger partial charge in [-0.05, 0) is 25.0 Å². The van der Waals surface area contributed by atoms with E-state index in [1.54, 1.807) is 12.1 Å². The van der Waals surface area contributed by atoms with Gasteiger partial charge in [0.05, 0.1) is 4.90 Å². The number of hydrogen-bond donors (Lipinski definition) is 2. The second-order valence-corrected chi connectivity index (χ2v) is 6.70. The first kappa shape index (κ1) is 15.1. The van der Waals surface area contributed by atoms with Crippen LogP contribution < -0.4 is 10.5 Å². The molecule has 1 aromatic carbocycles. The summed E-state index contributed by atoms with van der Waals surface area (Å²) in [5.41, 5.74) is 6.04. The molecule has 1 atom stereocenters. The third-order valence-electron chi connectivity index (χ3n) is 2.77. The first-order chi connectivity index (χ1) is 8.24. The molecule has 3 N–H and O–H groups in total. The zero-order valence-corrected chi connectivity index (χ0v) is 12.3. The van der Waals surface area contributed by atoms with Crippen LogP contribution in [0, 0.1) is 5.92 Å². The van der Waals surface area contributed by atoms with Crippen molar-refractivity contribution in [2.75, 3.05) is 0 Å². The average Bonchev–Trinajstić information content (AvgIpc) is 2.28. The predicted octanol–water partition coefficient (Wildman–Crippen LogP) is 1.64. The van der Waals surface area contributed by atoms with Crippen LogP contribution >= 0.6 is 12.2 Å². The van der Waals surface area contributed by atoms with Crippen molar-refractivity contribution < 1.29 is 8.42 Å². The van der Waals surface area contributed by atoms with Gasteiger partial charge in [-0.2, -0.15) is 0 Å². The number of nitrogens with one attached hydrogen (secondary N) is 1. The van der Waals surface area contributed by atoms with Crippen LogP contribution in [-0.2, 0) is 10.0 Å². The number of thiocarbonyl (C=S) groups is 1. The van der Waals surface area contributed by atoms with Crippen molar-refractivity contribution in [1.82, 2.24) is 4.72 Å². The van der Waals surface area contributed by atoms with Crippen LogP contribution in [0.2, 0.25) is 0 Å². The van der Waals surface area contributed by atoms with Crippen molar-refractivity contribution in [1.29, 1.82) is 0 Å². The lowest BCUT2D eigenvalue weighted by Crippen LogP contribution is -2.36. The molecule has 0 heterocycles. The maximum Gasteiger partial charge on any atom is 0.240 e. The Labute approximate surface area is 114 Å². The minimum Gasteiger partial charge on any atom is -0.389 e. The van der Waals surface area contributed by atoms with E-state index in [1.165, 1.54) is 12.1 Å². The number of sulfonamides is 1. The summed E-state index contributed by atoms with van der Waals surface area (Å²) in [7, 11) is -3.53. The molecule has 0 spiro atoms. The largest absolute Gasteiger partial charge is 0.389 e. The van der Waals surface area contributed by atoms with Crippen molar-refractivity contribution in [2.45, 2.75) is 31.7 Å².